The third-order valence-electron chi connectivity index (χ3n) is 3.89. The van der Waals surface area contributed by atoms with Gasteiger partial charge in [-0.25, -0.2) is 13.4 Å². The van der Waals surface area contributed by atoms with Crippen molar-refractivity contribution < 1.29 is 8.42 Å². The summed E-state index contributed by atoms with van der Waals surface area (Å²) in [5.74, 6) is 1.85. The van der Waals surface area contributed by atoms with Gasteiger partial charge in [0.05, 0.1) is 23.2 Å². The summed E-state index contributed by atoms with van der Waals surface area (Å²) in [6, 6.07) is 4.07. The van der Waals surface area contributed by atoms with Crippen molar-refractivity contribution in [2.75, 3.05) is 11.5 Å². The second-order valence-electron chi connectivity index (χ2n) is 5.45. The first-order valence-electron chi connectivity index (χ1n) is 6.67. The molecular formula is C14H18N2O2S. The number of fused-ring (bicyclic) bond motifs is 1. The van der Waals surface area contributed by atoms with Crippen LogP contribution in [0.25, 0.3) is 5.52 Å². The van der Waals surface area contributed by atoms with Crippen LogP contribution in [0.2, 0.25) is 0 Å². The molecule has 102 valence electrons. The van der Waals surface area contributed by atoms with Gasteiger partial charge in [0.15, 0.2) is 9.84 Å². The van der Waals surface area contributed by atoms with Crippen LogP contribution < -0.4 is 0 Å². The van der Waals surface area contributed by atoms with Crippen molar-refractivity contribution in [3.05, 3.63) is 35.9 Å². The molecule has 0 saturated carbocycles. The van der Waals surface area contributed by atoms with E-state index in [1.54, 1.807) is 0 Å². The first kappa shape index (κ1) is 12.7. The summed E-state index contributed by atoms with van der Waals surface area (Å²) < 4.78 is 25.4. The molecule has 5 heteroatoms. The Bertz CT molecular complexity index is 703. The fraction of sp³-hybridized carbons (Fsp3) is 0.500. The molecular weight excluding hydrogens is 260 g/mol. The number of imidazole rings is 1. The van der Waals surface area contributed by atoms with Gasteiger partial charge in [-0.1, -0.05) is 6.07 Å². The normalized spacial score (nSPS) is 22.7. The number of hydrogen-bond acceptors (Lipinski definition) is 3. The van der Waals surface area contributed by atoms with E-state index in [1.807, 2.05) is 18.5 Å². The molecule has 1 atom stereocenters. The minimum atomic E-state index is -2.83. The lowest BCUT2D eigenvalue weighted by Gasteiger charge is -2.21. The van der Waals surface area contributed by atoms with Crippen molar-refractivity contribution in [1.29, 1.82) is 0 Å². The van der Waals surface area contributed by atoms with E-state index in [9.17, 15) is 8.42 Å². The van der Waals surface area contributed by atoms with Crippen LogP contribution in [0.1, 0.15) is 24.2 Å². The Kier molecular flexibility index (Phi) is 3.09. The Labute approximate surface area is 113 Å². The van der Waals surface area contributed by atoms with Crippen molar-refractivity contribution in [1.82, 2.24) is 9.38 Å². The molecule has 0 spiro atoms. The number of aryl methyl sites for hydroxylation is 1. The van der Waals surface area contributed by atoms with Gasteiger partial charge in [0, 0.05) is 12.6 Å². The molecule has 0 amide bonds. The summed E-state index contributed by atoms with van der Waals surface area (Å²) in [5, 5.41) is 0. The third kappa shape index (κ3) is 2.52. The summed E-state index contributed by atoms with van der Waals surface area (Å²) in [5.41, 5.74) is 2.30. The first-order chi connectivity index (χ1) is 9.05. The van der Waals surface area contributed by atoms with Gasteiger partial charge >= 0.3 is 0 Å². The SMILES string of the molecule is Cc1cccn2c(CC3CCCS(=O)(=O)C3)ncc12. The molecule has 1 saturated heterocycles. The summed E-state index contributed by atoms with van der Waals surface area (Å²) >= 11 is 0. The highest BCUT2D eigenvalue weighted by Crippen LogP contribution is 2.23. The van der Waals surface area contributed by atoms with Crippen LogP contribution in [-0.2, 0) is 16.3 Å². The van der Waals surface area contributed by atoms with E-state index in [0.717, 1.165) is 30.6 Å². The molecule has 3 heterocycles. The third-order valence-corrected chi connectivity index (χ3v) is 5.78. The van der Waals surface area contributed by atoms with Gasteiger partial charge in [-0.2, -0.15) is 0 Å². The van der Waals surface area contributed by atoms with Gasteiger partial charge in [0.2, 0.25) is 0 Å². The van der Waals surface area contributed by atoms with Crippen molar-refractivity contribution in [2.24, 2.45) is 5.92 Å². The smallest absolute Gasteiger partial charge is 0.150 e. The fourth-order valence-corrected chi connectivity index (χ4v) is 4.68. The van der Waals surface area contributed by atoms with Crippen LogP contribution in [0.15, 0.2) is 24.5 Å². The van der Waals surface area contributed by atoms with E-state index in [-0.39, 0.29) is 5.92 Å². The Morgan fingerprint density at radius 3 is 3.11 bits per heavy atom. The van der Waals surface area contributed by atoms with Crippen LogP contribution in [-0.4, -0.2) is 29.3 Å². The van der Waals surface area contributed by atoms with E-state index in [0.29, 0.717) is 11.5 Å². The maximum atomic E-state index is 11.7. The zero-order valence-electron chi connectivity index (χ0n) is 11.0. The lowest BCUT2D eigenvalue weighted by atomic mass is 10.0. The Hall–Kier alpha value is -1.36. The largest absolute Gasteiger partial charge is 0.303 e. The Balaban J connectivity index is 1.88. The summed E-state index contributed by atoms with van der Waals surface area (Å²) in [6.07, 6.45) is 6.40. The summed E-state index contributed by atoms with van der Waals surface area (Å²) in [7, 11) is -2.83. The van der Waals surface area contributed by atoms with Crippen molar-refractivity contribution in [3.63, 3.8) is 0 Å². The van der Waals surface area contributed by atoms with E-state index < -0.39 is 9.84 Å². The highest BCUT2D eigenvalue weighted by atomic mass is 32.2. The predicted octanol–water partition coefficient (Wildman–Crippen LogP) is 2.01. The van der Waals surface area contributed by atoms with Crippen LogP contribution in [0.3, 0.4) is 0 Å². The standard InChI is InChI=1S/C14H18N2O2S/c1-11-4-2-6-16-13(11)9-15-14(16)8-12-5-3-7-19(17,18)10-12/h2,4,6,9,12H,3,5,7-8,10H2,1H3. The van der Waals surface area contributed by atoms with Crippen molar-refractivity contribution in [3.8, 4) is 0 Å². The van der Waals surface area contributed by atoms with E-state index in [2.05, 4.69) is 22.4 Å². The number of hydrogen-bond donors (Lipinski definition) is 0. The molecule has 1 aliphatic rings. The molecule has 0 aliphatic carbocycles. The van der Waals surface area contributed by atoms with Crippen LogP contribution in [0.4, 0.5) is 0 Å². The van der Waals surface area contributed by atoms with Crippen molar-refractivity contribution >= 4 is 15.4 Å². The maximum absolute atomic E-state index is 11.7. The molecule has 2 aromatic heterocycles. The van der Waals surface area contributed by atoms with Gasteiger partial charge in [0.1, 0.15) is 5.82 Å². The number of pyridine rings is 1. The lowest BCUT2D eigenvalue weighted by molar-refractivity contribution is 0.475. The average molecular weight is 278 g/mol. The highest BCUT2D eigenvalue weighted by molar-refractivity contribution is 7.91. The lowest BCUT2D eigenvalue weighted by Crippen LogP contribution is -2.27. The van der Waals surface area contributed by atoms with Crippen LogP contribution in [0, 0.1) is 12.8 Å². The highest BCUT2D eigenvalue weighted by Gasteiger charge is 2.25. The zero-order chi connectivity index (χ0) is 13.5. The van der Waals surface area contributed by atoms with Gasteiger partial charge in [-0.05, 0) is 37.3 Å². The molecule has 1 unspecified atom stereocenters. The molecule has 1 fully saturated rings. The first-order valence-corrected chi connectivity index (χ1v) is 8.49. The number of nitrogens with zero attached hydrogens (tertiary/aromatic N) is 2. The van der Waals surface area contributed by atoms with E-state index in [1.165, 1.54) is 5.56 Å². The number of aromatic nitrogens is 2. The average Bonchev–Trinajstić information content (AvgIpc) is 2.73. The molecule has 19 heavy (non-hydrogen) atoms. The Morgan fingerprint density at radius 1 is 1.47 bits per heavy atom. The summed E-state index contributed by atoms with van der Waals surface area (Å²) in [6.45, 7) is 2.06. The van der Waals surface area contributed by atoms with Gasteiger partial charge in [-0.3, -0.25) is 0 Å². The molecule has 0 bridgehead atoms. The van der Waals surface area contributed by atoms with Crippen molar-refractivity contribution in [2.45, 2.75) is 26.2 Å². The quantitative estimate of drug-likeness (QED) is 0.844. The van der Waals surface area contributed by atoms with Crippen LogP contribution >= 0.6 is 0 Å². The molecule has 2 aromatic rings. The molecule has 4 nitrogen and oxygen atoms in total. The molecule has 0 radical (unpaired) electrons. The topological polar surface area (TPSA) is 51.4 Å². The molecule has 0 aromatic carbocycles. The molecule has 1 aliphatic heterocycles. The van der Waals surface area contributed by atoms with E-state index >= 15 is 0 Å². The van der Waals surface area contributed by atoms with E-state index in [4.69, 9.17) is 0 Å². The van der Waals surface area contributed by atoms with Crippen LogP contribution in [0.5, 0.6) is 0 Å². The van der Waals surface area contributed by atoms with Gasteiger partial charge < -0.3 is 4.40 Å². The van der Waals surface area contributed by atoms with Gasteiger partial charge in [0.25, 0.3) is 0 Å². The minimum absolute atomic E-state index is 0.213. The monoisotopic (exact) mass is 278 g/mol. The molecule has 0 N–H and O–H groups in total. The number of sulfone groups is 1. The predicted molar refractivity (Wildman–Crippen MR) is 75.0 cm³/mol. The zero-order valence-corrected chi connectivity index (χ0v) is 11.9. The minimum Gasteiger partial charge on any atom is -0.303 e. The Morgan fingerprint density at radius 2 is 2.32 bits per heavy atom. The molecule has 3 rings (SSSR count). The second kappa shape index (κ2) is 4.63. The second-order valence-corrected chi connectivity index (χ2v) is 7.68. The van der Waals surface area contributed by atoms with Gasteiger partial charge in [-0.15, -0.1) is 0 Å². The fourth-order valence-electron chi connectivity index (χ4n) is 2.90. The number of rotatable bonds is 2. The maximum Gasteiger partial charge on any atom is 0.150 e. The summed E-state index contributed by atoms with van der Waals surface area (Å²) in [4.78, 5) is 4.47.